The van der Waals surface area contributed by atoms with Crippen molar-refractivity contribution < 1.29 is 9.63 Å². The Labute approximate surface area is 213 Å². The van der Waals surface area contributed by atoms with Gasteiger partial charge in [0, 0.05) is 35.2 Å². The van der Waals surface area contributed by atoms with E-state index in [2.05, 4.69) is 38.2 Å². The molecule has 1 atom stereocenters. The maximum atomic E-state index is 9.83. The van der Waals surface area contributed by atoms with Gasteiger partial charge in [0.1, 0.15) is 29.8 Å². The SMILES string of the molecule is C[C@H](O)c1nccn1Cc1cc(-c2ccc(C#Cc3ccc(Cn4cnnc4CC#N)cc3)cc2)on1. The molecular weight excluding hydrogens is 466 g/mol. The second-order valence-corrected chi connectivity index (χ2v) is 8.51. The van der Waals surface area contributed by atoms with Crippen LogP contribution in [0.15, 0.2) is 77.8 Å². The van der Waals surface area contributed by atoms with Gasteiger partial charge in [-0.3, -0.25) is 0 Å². The predicted octanol–water partition coefficient (Wildman–Crippen LogP) is 3.75. The summed E-state index contributed by atoms with van der Waals surface area (Å²) in [6.45, 7) is 2.75. The smallest absolute Gasteiger partial charge is 0.167 e. The predicted molar refractivity (Wildman–Crippen MR) is 135 cm³/mol. The first-order valence-electron chi connectivity index (χ1n) is 11.7. The Hall–Kier alpha value is -4.99. The number of nitriles is 1. The molecular formula is C28H23N7O2. The van der Waals surface area contributed by atoms with E-state index in [4.69, 9.17) is 9.78 Å². The Bertz CT molecular complexity index is 1590. The Morgan fingerprint density at radius 2 is 1.73 bits per heavy atom. The van der Waals surface area contributed by atoms with E-state index in [0.717, 1.165) is 27.9 Å². The molecule has 0 saturated carbocycles. The van der Waals surface area contributed by atoms with Gasteiger partial charge in [0.25, 0.3) is 0 Å². The van der Waals surface area contributed by atoms with E-state index in [1.807, 2.05) is 63.7 Å². The first-order chi connectivity index (χ1) is 18.1. The molecule has 9 nitrogen and oxygen atoms in total. The van der Waals surface area contributed by atoms with E-state index < -0.39 is 6.10 Å². The molecule has 3 aromatic heterocycles. The largest absolute Gasteiger partial charge is 0.385 e. The van der Waals surface area contributed by atoms with E-state index in [1.54, 1.807) is 25.6 Å². The zero-order chi connectivity index (χ0) is 25.6. The summed E-state index contributed by atoms with van der Waals surface area (Å²) in [4.78, 5) is 4.18. The van der Waals surface area contributed by atoms with Gasteiger partial charge in [-0.2, -0.15) is 5.26 Å². The summed E-state index contributed by atoms with van der Waals surface area (Å²) in [6, 6.07) is 19.8. The van der Waals surface area contributed by atoms with E-state index in [9.17, 15) is 5.11 Å². The van der Waals surface area contributed by atoms with Gasteiger partial charge in [0.2, 0.25) is 0 Å². The summed E-state index contributed by atoms with van der Waals surface area (Å²) in [7, 11) is 0. The molecule has 0 spiro atoms. The maximum absolute atomic E-state index is 9.83. The molecule has 0 unspecified atom stereocenters. The minimum absolute atomic E-state index is 0.232. The molecule has 0 bridgehead atoms. The fraction of sp³-hybridized carbons (Fsp3) is 0.179. The third kappa shape index (κ3) is 5.64. The standard InChI is InChI=1S/C28H23N7O2/c1-20(36)28-30-14-15-34(28)18-25-16-26(37-33-25)24-10-8-22(9-11-24)3-2-21-4-6-23(7-5-21)17-35-19-31-32-27(35)12-13-29/h4-11,14-16,19-20,36H,12,17-18H2,1H3/t20-/m0/s1. The molecule has 182 valence electrons. The number of imidazole rings is 1. The van der Waals surface area contributed by atoms with Crippen LogP contribution in [0.1, 0.15) is 47.1 Å². The highest BCUT2D eigenvalue weighted by Gasteiger charge is 2.12. The minimum atomic E-state index is -0.656. The number of hydrogen-bond acceptors (Lipinski definition) is 7. The lowest BCUT2D eigenvalue weighted by molar-refractivity contribution is 0.184. The molecule has 0 saturated heterocycles. The normalized spacial score (nSPS) is 11.5. The molecule has 0 aliphatic heterocycles. The van der Waals surface area contributed by atoms with Crippen molar-refractivity contribution >= 4 is 0 Å². The first-order valence-corrected chi connectivity index (χ1v) is 11.7. The lowest BCUT2D eigenvalue weighted by Crippen LogP contribution is -2.07. The lowest BCUT2D eigenvalue weighted by atomic mass is 10.1. The van der Waals surface area contributed by atoms with Crippen LogP contribution in [0.4, 0.5) is 0 Å². The number of aliphatic hydroxyl groups is 1. The third-order valence-corrected chi connectivity index (χ3v) is 5.77. The Morgan fingerprint density at radius 1 is 1.00 bits per heavy atom. The minimum Gasteiger partial charge on any atom is -0.385 e. The van der Waals surface area contributed by atoms with Crippen molar-refractivity contribution in [2.45, 2.75) is 32.5 Å². The summed E-state index contributed by atoms with van der Waals surface area (Å²) in [6.07, 6.45) is 4.68. The molecule has 5 rings (SSSR count). The van der Waals surface area contributed by atoms with Crippen LogP contribution in [-0.2, 0) is 19.5 Å². The fourth-order valence-electron chi connectivity index (χ4n) is 3.89. The van der Waals surface area contributed by atoms with Crippen molar-refractivity contribution in [2.75, 3.05) is 0 Å². The highest BCUT2D eigenvalue weighted by atomic mass is 16.5. The van der Waals surface area contributed by atoms with E-state index >= 15 is 0 Å². The van der Waals surface area contributed by atoms with Gasteiger partial charge < -0.3 is 18.8 Å². The van der Waals surface area contributed by atoms with Crippen molar-refractivity contribution in [1.82, 2.24) is 29.5 Å². The number of aliphatic hydroxyl groups excluding tert-OH is 1. The molecule has 5 aromatic rings. The number of nitrogens with zero attached hydrogens (tertiary/aromatic N) is 7. The molecule has 3 heterocycles. The first kappa shape index (κ1) is 23.7. The van der Waals surface area contributed by atoms with Crippen molar-refractivity contribution in [3.8, 4) is 29.2 Å². The van der Waals surface area contributed by atoms with Gasteiger partial charge in [0.05, 0.1) is 25.6 Å². The number of aromatic nitrogens is 6. The summed E-state index contributed by atoms with van der Waals surface area (Å²) < 4.78 is 9.25. The van der Waals surface area contributed by atoms with Crippen LogP contribution < -0.4 is 0 Å². The van der Waals surface area contributed by atoms with Crippen LogP contribution in [0, 0.1) is 23.2 Å². The Kier molecular flexibility index (Phi) is 6.89. The molecule has 2 aromatic carbocycles. The molecule has 0 aliphatic carbocycles. The van der Waals surface area contributed by atoms with Crippen LogP contribution in [0.2, 0.25) is 0 Å². The van der Waals surface area contributed by atoms with Crippen LogP contribution >= 0.6 is 0 Å². The fourth-order valence-corrected chi connectivity index (χ4v) is 3.89. The summed E-state index contributed by atoms with van der Waals surface area (Å²) >= 11 is 0. The topological polar surface area (TPSA) is 119 Å². The van der Waals surface area contributed by atoms with Gasteiger partial charge in [0.15, 0.2) is 5.76 Å². The van der Waals surface area contributed by atoms with Crippen LogP contribution in [-0.4, -0.2) is 34.6 Å². The Morgan fingerprint density at radius 3 is 2.43 bits per heavy atom. The summed E-state index contributed by atoms with van der Waals surface area (Å²) in [5, 5.41) is 30.7. The van der Waals surface area contributed by atoms with E-state index in [1.165, 1.54) is 0 Å². The number of hydrogen-bond donors (Lipinski definition) is 1. The highest BCUT2D eigenvalue weighted by molar-refractivity contribution is 5.59. The molecule has 0 fully saturated rings. The molecule has 0 radical (unpaired) electrons. The molecule has 0 aliphatic rings. The third-order valence-electron chi connectivity index (χ3n) is 5.77. The van der Waals surface area contributed by atoms with Crippen molar-refractivity contribution in [3.63, 3.8) is 0 Å². The highest BCUT2D eigenvalue weighted by Crippen LogP contribution is 2.22. The molecule has 0 amide bonds. The Balaban J connectivity index is 1.22. The quantitative estimate of drug-likeness (QED) is 0.346. The van der Waals surface area contributed by atoms with E-state index in [-0.39, 0.29) is 6.42 Å². The van der Waals surface area contributed by atoms with Gasteiger partial charge in [-0.1, -0.05) is 29.1 Å². The molecule has 1 N–H and O–H groups in total. The second-order valence-electron chi connectivity index (χ2n) is 8.51. The second kappa shape index (κ2) is 10.7. The molecule has 37 heavy (non-hydrogen) atoms. The molecule has 9 heteroatoms. The summed E-state index contributed by atoms with van der Waals surface area (Å²) in [5.74, 6) is 8.28. The number of benzene rings is 2. The zero-order valence-corrected chi connectivity index (χ0v) is 20.1. The van der Waals surface area contributed by atoms with Gasteiger partial charge in [-0.25, -0.2) is 4.98 Å². The van der Waals surface area contributed by atoms with Gasteiger partial charge in [-0.05, 0) is 48.9 Å². The zero-order valence-electron chi connectivity index (χ0n) is 20.1. The van der Waals surface area contributed by atoms with Crippen molar-refractivity contribution in [3.05, 3.63) is 107 Å². The average molecular weight is 490 g/mol. The lowest BCUT2D eigenvalue weighted by Gasteiger charge is -2.07. The van der Waals surface area contributed by atoms with Gasteiger partial charge in [-0.15, -0.1) is 10.2 Å². The number of rotatable bonds is 7. The summed E-state index contributed by atoms with van der Waals surface area (Å²) in [5.41, 5.74) is 4.52. The monoisotopic (exact) mass is 489 g/mol. The van der Waals surface area contributed by atoms with Crippen LogP contribution in [0.5, 0.6) is 0 Å². The van der Waals surface area contributed by atoms with Crippen LogP contribution in [0.25, 0.3) is 11.3 Å². The van der Waals surface area contributed by atoms with Gasteiger partial charge >= 0.3 is 0 Å². The van der Waals surface area contributed by atoms with Crippen molar-refractivity contribution in [1.29, 1.82) is 5.26 Å². The average Bonchev–Trinajstić information content (AvgIpc) is 3.67. The van der Waals surface area contributed by atoms with E-state index in [0.29, 0.717) is 30.5 Å². The van der Waals surface area contributed by atoms with Crippen LogP contribution in [0.3, 0.4) is 0 Å². The maximum Gasteiger partial charge on any atom is 0.167 e. The van der Waals surface area contributed by atoms with Crippen molar-refractivity contribution in [2.24, 2.45) is 0 Å².